The second-order valence-electron chi connectivity index (χ2n) is 13.4. The number of fused-ring (bicyclic) bond motifs is 1. The van der Waals surface area contributed by atoms with Crippen molar-refractivity contribution in [1.82, 2.24) is 0 Å². The fourth-order valence-corrected chi connectivity index (χ4v) is 8.15. The Hall–Kier alpha value is -2.91. The second-order valence-corrected chi connectivity index (χ2v) is 13.4. The highest BCUT2D eigenvalue weighted by molar-refractivity contribution is 5.87. The van der Waals surface area contributed by atoms with E-state index < -0.39 is 41.7 Å². The van der Waals surface area contributed by atoms with Crippen LogP contribution in [0, 0.1) is 22.7 Å². The quantitative estimate of drug-likeness (QED) is 0.220. The van der Waals surface area contributed by atoms with E-state index in [2.05, 4.69) is 33.4 Å². The minimum Gasteiger partial charge on any atom is -0.418 e. The summed E-state index contributed by atoms with van der Waals surface area (Å²) >= 11 is 0. The molecular formula is C35H43F3O6. The smallest absolute Gasteiger partial charge is 0.418 e. The lowest BCUT2D eigenvalue weighted by molar-refractivity contribution is -0.281. The lowest BCUT2D eigenvalue weighted by Crippen LogP contribution is -2.52. The van der Waals surface area contributed by atoms with Crippen LogP contribution in [0.25, 0.3) is 0 Å². The average molecular weight is 617 g/mol. The minimum atomic E-state index is -5.15. The Morgan fingerprint density at radius 2 is 1.89 bits per heavy atom. The minimum absolute atomic E-state index is 0.170. The summed E-state index contributed by atoms with van der Waals surface area (Å²) in [6.07, 6.45) is 3.91. The van der Waals surface area contributed by atoms with Gasteiger partial charge in [-0.15, -0.1) is 0 Å². The van der Waals surface area contributed by atoms with Crippen LogP contribution in [0.5, 0.6) is 0 Å². The maximum absolute atomic E-state index is 14.4. The van der Waals surface area contributed by atoms with Crippen molar-refractivity contribution in [3.8, 4) is 0 Å². The zero-order valence-corrected chi connectivity index (χ0v) is 26.0. The Morgan fingerprint density at radius 1 is 1.16 bits per heavy atom. The molecule has 0 aromatic heterocycles. The van der Waals surface area contributed by atoms with Gasteiger partial charge in [-0.25, -0.2) is 9.59 Å². The number of hydrogen-bond acceptors (Lipinski definition) is 6. The van der Waals surface area contributed by atoms with Gasteiger partial charge in [-0.05, 0) is 79.6 Å². The van der Waals surface area contributed by atoms with Crippen LogP contribution in [0.1, 0.15) is 77.7 Å². The molecule has 44 heavy (non-hydrogen) atoms. The maximum Gasteiger partial charge on any atom is 0.432 e. The SMILES string of the molecule is C=C1CCC[C@@H]2[C@@](C)(CCC3=CC[C@H](C4=CC(=O)O[C@@H]4OC(=O)[C@](OC)(c4ccccc4)C(F)(F)F)OC3)[C@@H](C)CC[C@@]12C. The topological polar surface area (TPSA) is 71.1 Å². The number of hydrogen-bond donors (Lipinski definition) is 0. The first-order chi connectivity index (χ1) is 20.8. The van der Waals surface area contributed by atoms with E-state index in [9.17, 15) is 22.8 Å². The Bertz CT molecular complexity index is 1340. The van der Waals surface area contributed by atoms with Crippen LogP contribution in [0.2, 0.25) is 0 Å². The molecule has 0 N–H and O–H groups in total. The van der Waals surface area contributed by atoms with Gasteiger partial charge >= 0.3 is 18.1 Å². The molecule has 4 aliphatic rings. The molecule has 9 heteroatoms. The summed E-state index contributed by atoms with van der Waals surface area (Å²) in [7, 11) is 0.787. The number of methoxy groups -OCH3 is 1. The van der Waals surface area contributed by atoms with Crippen molar-refractivity contribution in [2.24, 2.45) is 22.7 Å². The zero-order chi connectivity index (χ0) is 31.9. The van der Waals surface area contributed by atoms with Gasteiger partial charge in [-0.3, -0.25) is 0 Å². The number of halogens is 3. The van der Waals surface area contributed by atoms with Crippen molar-refractivity contribution in [3.05, 3.63) is 71.3 Å². The molecule has 2 saturated carbocycles. The van der Waals surface area contributed by atoms with E-state index in [1.165, 1.54) is 49.5 Å². The molecule has 5 rings (SSSR count). The zero-order valence-electron chi connectivity index (χ0n) is 26.0. The molecule has 0 radical (unpaired) electrons. The summed E-state index contributed by atoms with van der Waals surface area (Å²) in [6.45, 7) is 12.0. The van der Waals surface area contributed by atoms with Crippen LogP contribution in [0.15, 0.2) is 65.8 Å². The van der Waals surface area contributed by atoms with Gasteiger partial charge in [0.25, 0.3) is 11.9 Å². The van der Waals surface area contributed by atoms with Crippen molar-refractivity contribution in [1.29, 1.82) is 0 Å². The van der Waals surface area contributed by atoms with Crippen molar-refractivity contribution >= 4 is 11.9 Å². The third-order valence-corrected chi connectivity index (χ3v) is 11.2. The van der Waals surface area contributed by atoms with E-state index >= 15 is 0 Å². The molecule has 0 amide bonds. The van der Waals surface area contributed by atoms with Gasteiger partial charge in [0.1, 0.15) is 0 Å². The number of alkyl halides is 3. The van der Waals surface area contributed by atoms with Crippen LogP contribution >= 0.6 is 0 Å². The molecule has 6 nitrogen and oxygen atoms in total. The summed E-state index contributed by atoms with van der Waals surface area (Å²) in [4.78, 5) is 25.4. The van der Waals surface area contributed by atoms with Crippen molar-refractivity contribution < 1.29 is 41.7 Å². The number of allylic oxidation sites excluding steroid dienone is 1. The van der Waals surface area contributed by atoms with Crippen molar-refractivity contribution in [3.63, 3.8) is 0 Å². The molecule has 0 bridgehead atoms. The second kappa shape index (κ2) is 12.1. The van der Waals surface area contributed by atoms with E-state index in [1.807, 2.05) is 0 Å². The third-order valence-electron chi connectivity index (χ3n) is 11.2. The van der Waals surface area contributed by atoms with Crippen LogP contribution in [-0.4, -0.2) is 44.2 Å². The normalized spacial score (nSPS) is 33.9. The van der Waals surface area contributed by atoms with Gasteiger partial charge in [0.2, 0.25) is 0 Å². The number of rotatable bonds is 8. The highest BCUT2D eigenvalue weighted by atomic mass is 19.4. The van der Waals surface area contributed by atoms with E-state index in [0.717, 1.165) is 50.2 Å². The molecule has 2 aliphatic carbocycles. The van der Waals surface area contributed by atoms with Gasteiger partial charge < -0.3 is 18.9 Å². The van der Waals surface area contributed by atoms with Crippen molar-refractivity contribution in [2.45, 2.75) is 96.3 Å². The predicted octanol–water partition coefficient (Wildman–Crippen LogP) is 7.74. The van der Waals surface area contributed by atoms with Crippen LogP contribution in [0.4, 0.5) is 13.2 Å². The van der Waals surface area contributed by atoms with Crippen LogP contribution < -0.4 is 0 Å². The molecule has 0 spiro atoms. The Balaban J connectivity index is 1.27. The van der Waals surface area contributed by atoms with Gasteiger partial charge in [0, 0.05) is 24.3 Å². The molecule has 2 aliphatic heterocycles. The molecule has 7 atom stereocenters. The first kappa shape index (κ1) is 32.5. The Labute approximate surface area is 257 Å². The first-order valence-corrected chi connectivity index (χ1v) is 15.5. The molecule has 2 fully saturated rings. The molecule has 0 saturated heterocycles. The summed E-state index contributed by atoms with van der Waals surface area (Å²) in [5.74, 6) is -1.36. The van der Waals surface area contributed by atoms with E-state index in [-0.39, 0.29) is 16.4 Å². The number of esters is 2. The largest absolute Gasteiger partial charge is 0.432 e. The van der Waals surface area contributed by atoms with Crippen molar-refractivity contribution in [2.75, 3.05) is 13.7 Å². The lowest BCUT2D eigenvalue weighted by Gasteiger charge is -2.59. The summed E-state index contributed by atoms with van der Waals surface area (Å²) in [5.41, 5.74) is -0.778. The summed E-state index contributed by atoms with van der Waals surface area (Å²) < 4.78 is 64.4. The van der Waals surface area contributed by atoms with Gasteiger partial charge in [0.15, 0.2) is 0 Å². The number of benzene rings is 1. The first-order valence-electron chi connectivity index (χ1n) is 15.5. The maximum atomic E-state index is 14.4. The highest BCUT2D eigenvalue weighted by Crippen LogP contribution is 2.63. The standard InChI is InChI=1S/C35H43F3O6/c1-22-10-9-13-28-32(22,3)18-16-23(2)33(28,4)19-17-24-14-15-27(42-21-24)26-20-29(39)43-30(26)44-31(40)34(41-5,35(36,37)38)25-11-7-6-8-12-25/h6-8,11-12,14,20,23,27-28,30H,1,9-10,13,15-19,21H2,2-5H3/t23-,27+,28-,30+,32-,33-,34+/m0/s1. The number of carbonyl (C=O) groups is 2. The molecule has 0 unspecified atom stereocenters. The van der Waals surface area contributed by atoms with Crippen LogP contribution in [0.3, 0.4) is 0 Å². The number of cyclic esters (lactones) is 1. The average Bonchev–Trinajstić information content (AvgIpc) is 3.35. The monoisotopic (exact) mass is 616 g/mol. The Kier molecular flexibility index (Phi) is 8.95. The molecule has 2 heterocycles. The van der Waals surface area contributed by atoms with Gasteiger partial charge in [-0.1, -0.05) is 69.3 Å². The summed E-state index contributed by atoms with van der Waals surface area (Å²) in [6, 6.07) is 6.51. The highest BCUT2D eigenvalue weighted by Gasteiger charge is 2.65. The number of ether oxygens (including phenoxy) is 4. The summed E-state index contributed by atoms with van der Waals surface area (Å²) in [5, 5.41) is 0. The number of carbonyl (C=O) groups excluding carboxylic acids is 2. The van der Waals surface area contributed by atoms with E-state index in [1.54, 1.807) is 0 Å². The van der Waals surface area contributed by atoms with Gasteiger partial charge in [0.05, 0.1) is 12.7 Å². The Morgan fingerprint density at radius 3 is 2.52 bits per heavy atom. The molecule has 1 aromatic carbocycles. The molecular weight excluding hydrogens is 573 g/mol. The third kappa shape index (κ3) is 5.55. The predicted molar refractivity (Wildman–Crippen MR) is 158 cm³/mol. The lowest BCUT2D eigenvalue weighted by atomic mass is 9.46. The van der Waals surface area contributed by atoms with Crippen LogP contribution in [-0.2, 0) is 34.1 Å². The molecule has 1 aromatic rings. The fourth-order valence-electron chi connectivity index (χ4n) is 8.15. The van der Waals surface area contributed by atoms with E-state index in [4.69, 9.17) is 18.9 Å². The molecule has 240 valence electrons. The van der Waals surface area contributed by atoms with Gasteiger partial charge in [-0.2, -0.15) is 13.2 Å². The fraction of sp³-hybridized carbons (Fsp3) is 0.600. The van der Waals surface area contributed by atoms with E-state index in [0.29, 0.717) is 24.9 Å².